The Bertz CT molecular complexity index is 370. The zero-order valence-corrected chi connectivity index (χ0v) is 12.8. The molecule has 5 heteroatoms. The molecule has 0 radical (unpaired) electrons. The van der Waals surface area contributed by atoms with Crippen LogP contribution in [0.5, 0.6) is 0 Å². The zero-order valence-electron chi connectivity index (χ0n) is 10.6. The fraction of sp³-hybridized carbons (Fsp3) is 0.750. The predicted molar refractivity (Wildman–Crippen MR) is 75.5 cm³/mol. The molecule has 0 aliphatic heterocycles. The summed E-state index contributed by atoms with van der Waals surface area (Å²) in [7, 11) is 0. The van der Waals surface area contributed by atoms with Crippen LogP contribution in [0.25, 0.3) is 0 Å². The lowest BCUT2D eigenvalue weighted by atomic mass is 9.89. The van der Waals surface area contributed by atoms with Crippen LogP contribution in [0.1, 0.15) is 32.2 Å². The summed E-state index contributed by atoms with van der Waals surface area (Å²) in [5, 5.41) is 5.27. The minimum atomic E-state index is -0.134. The van der Waals surface area contributed by atoms with Gasteiger partial charge in [0.15, 0.2) is 0 Å². The van der Waals surface area contributed by atoms with Crippen LogP contribution in [0.4, 0.5) is 0 Å². The van der Waals surface area contributed by atoms with Crippen LogP contribution in [0.3, 0.4) is 0 Å². The van der Waals surface area contributed by atoms with Gasteiger partial charge >= 0.3 is 0 Å². The van der Waals surface area contributed by atoms with E-state index in [1.54, 1.807) is 0 Å². The molecule has 0 bridgehead atoms. The van der Waals surface area contributed by atoms with Gasteiger partial charge in [0, 0.05) is 23.7 Å². The highest BCUT2D eigenvalue weighted by molar-refractivity contribution is 6.32. The quantitative estimate of drug-likeness (QED) is 0.721. The Labute approximate surface area is 118 Å². The summed E-state index contributed by atoms with van der Waals surface area (Å²) >= 11 is 18.3. The van der Waals surface area contributed by atoms with Crippen molar-refractivity contribution in [2.45, 2.75) is 40.2 Å². The molecule has 0 fully saturated rings. The molecule has 0 spiro atoms. The van der Waals surface area contributed by atoms with Crippen LogP contribution in [-0.4, -0.2) is 21.5 Å². The molecule has 0 N–H and O–H groups in total. The average Bonchev–Trinajstić information content (AvgIpc) is 2.66. The van der Waals surface area contributed by atoms with Crippen LogP contribution >= 0.6 is 34.8 Å². The van der Waals surface area contributed by atoms with Gasteiger partial charge in [-0.3, -0.25) is 4.68 Å². The number of hydrogen-bond acceptors (Lipinski definition) is 1. The molecule has 0 atom stereocenters. The number of nitrogens with zero attached hydrogens (tertiary/aromatic N) is 2. The smallest absolute Gasteiger partial charge is 0.0850 e. The Balaban J connectivity index is 3.08. The molecular formula is C12H19Cl3N2. The third kappa shape index (κ3) is 3.30. The van der Waals surface area contributed by atoms with Gasteiger partial charge in [-0.25, -0.2) is 0 Å². The van der Waals surface area contributed by atoms with E-state index in [-0.39, 0.29) is 5.41 Å². The Morgan fingerprint density at radius 1 is 1.24 bits per heavy atom. The summed E-state index contributed by atoms with van der Waals surface area (Å²) in [6.45, 7) is 7.00. The van der Waals surface area contributed by atoms with Gasteiger partial charge in [0.05, 0.1) is 16.4 Å². The molecule has 1 rings (SSSR count). The number of hydrogen-bond donors (Lipinski definition) is 0. The van der Waals surface area contributed by atoms with Crippen molar-refractivity contribution in [3.05, 3.63) is 16.4 Å². The summed E-state index contributed by atoms with van der Waals surface area (Å²) in [4.78, 5) is 0. The van der Waals surface area contributed by atoms with Crippen molar-refractivity contribution in [2.24, 2.45) is 5.41 Å². The molecule has 98 valence electrons. The summed E-state index contributed by atoms with van der Waals surface area (Å²) in [6.07, 6.45) is 1.61. The SMILES string of the molecule is CCc1nn(CC)c(CC(C)(CCl)CCl)c1Cl. The Morgan fingerprint density at radius 2 is 1.82 bits per heavy atom. The number of halogens is 3. The molecular weight excluding hydrogens is 279 g/mol. The molecule has 2 nitrogen and oxygen atoms in total. The predicted octanol–water partition coefficient (Wildman–Crippen LogP) is 4.15. The van der Waals surface area contributed by atoms with Gasteiger partial charge in [-0.05, 0) is 19.8 Å². The number of aryl methyl sites for hydroxylation is 2. The second kappa shape index (κ2) is 6.31. The second-order valence-electron chi connectivity index (χ2n) is 4.63. The van der Waals surface area contributed by atoms with E-state index < -0.39 is 0 Å². The minimum absolute atomic E-state index is 0.134. The summed E-state index contributed by atoms with van der Waals surface area (Å²) in [6, 6.07) is 0. The van der Waals surface area contributed by atoms with E-state index in [0.29, 0.717) is 11.8 Å². The van der Waals surface area contributed by atoms with Crippen molar-refractivity contribution in [2.75, 3.05) is 11.8 Å². The largest absolute Gasteiger partial charge is 0.268 e. The first kappa shape index (κ1) is 15.1. The molecule has 0 saturated heterocycles. The topological polar surface area (TPSA) is 17.8 Å². The van der Waals surface area contributed by atoms with Gasteiger partial charge < -0.3 is 0 Å². The third-order valence-electron chi connectivity index (χ3n) is 2.93. The maximum absolute atomic E-state index is 6.36. The number of aromatic nitrogens is 2. The van der Waals surface area contributed by atoms with E-state index in [1.165, 1.54) is 0 Å². The maximum Gasteiger partial charge on any atom is 0.0850 e. The van der Waals surface area contributed by atoms with Gasteiger partial charge in [0.25, 0.3) is 0 Å². The highest BCUT2D eigenvalue weighted by Gasteiger charge is 2.27. The van der Waals surface area contributed by atoms with Crippen LogP contribution in [0.2, 0.25) is 5.02 Å². The molecule has 0 aliphatic rings. The Morgan fingerprint density at radius 3 is 2.24 bits per heavy atom. The van der Waals surface area contributed by atoms with E-state index >= 15 is 0 Å². The molecule has 0 aliphatic carbocycles. The lowest BCUT2D eigenvalue weighted by molar-refractivity contribution is 0.406. The van der Waals surface area contributed by atoms with Gasteiger partial charge in [0.1, 0.15) is 0 Å². The van der Waals surface area contributed by atoms with Crippen molar-refractivity contribution in [1.29, 1.82) is 0 Å². The highest BCUT2D eigenvalue weighted by atomic mass is 35.5. The van der Waals surface area contributed by atoms with E-state index in [2.05, 4.69) is 25.9 Å². The first-order valence-corrected chi connectivity index (χ1v) is 7.32. The average molecular weight is 298 g/mol. The van der Waals surface area contributed by atoms with Crippen molar-refractivity contribution in [1.82, 2.24) is 9.78 Å². The molecule has 0 aromatic carbocycles. The van der Waals surface area contributed by atoms with Crippen LogP contribution in [0.15, 0.2) is 0 Å². The van der Waals surface area contributed by atoms with Crippen molar-refractivity contribution >= 4 is 34.8 Å². The number of rotatable bonds is 6. The molecule has 17 heavy (non-hydrogen) atoms. The van der Waals surface area contributed by atoms with E-state index in [4.69, 9.17) is 34.8 Å². The Hall–Kier alpha value is 0.0800. The fourth-order valence-electron chi connectivity index (χ4n) is 1.72. The van der Waals surface area contributed by atoms with Gasteiger partial charge in [-0.15, -0.1) is 23.2 Å². The molecule has 0 amide bonds. The van der Waals surface area contributed by atoms with Crippen LogP contribution in [-0.2, 0) is 19.4 Å². The lowest BCUT2D eigenvalue weighted by Crippen LogP contribution is -2.25. The van der Waals surface area contributed by atoms with E-state index in [9.17, 15) is 0 Å². The molecule has 1 aromatic rings. The first-order chi connectivity index (χ1) is 8.01. The summed E-state index contributed by atoms with van der Waals surface area (Å²) < 4.78 is 1.96. The minimum Gasteiger partial charge on any atom is -0.268 e. The monoisotopic (exact) mass is 296 g/mol. The number of alkyl halides is 2. The molecule has 1 aromatic heterocycles. The van der Waals surface area contributed by atoms with Crippen LogP contribution < -0.4 is 0 Å². The van der Waals surface area contributed by atoms with E-state index in [0.717, 1.165) is 35.8 Å². The van der Waals surface area contributed by atoms with Gasteiger partial charge in [-0.2, -0.15) is 5.10 Å². The van der Waals surface area contributed by atoms with Crippen LogP contribution in [0, 0.1) is 5.41 Å². The third-order valence-corrected chi connectivity index (χ3v) is 4.66. The van der Waals surface area contributed by atoms with Gasteiger partial charge in [-0.1, -0.05) is 25.4 Å². The second-order valence-corrected chi connectivity index (χ2v) is 5.54. The van der Waals surface area contributed by atoms with Crippen molar-refractivity contribution in [3.63, 3.8) is 0 Å². The lowest BCUT2D eigenvalue weighted by Gasteiger charge is -2.24. The summed E-state index contributed by atoms with van der Waals surface area (Å²) in [5.74, 6) is 1.03. The Kier molecular flexibility index (Phi) is 5.62. The van der Waals surface area contributed by atoms with Crippen molar-refractivity contribution in [3.8, 4) is 0 Å². The molecule has 0 saturated carbocycles. The first-order valence-electron chi connectivity index (χ1n) is 5.87. The van der Waals surface area contributed by atoms with E-state index in [1.807, 2.05) is 4.68 Å². The normalized spacial score (nSPS) is 12.1. The van der Waals surface area contributed by atoms with Crippen molar-refractivity contribution < 1.29 is 0 Å². The molecule has 0 unspecified atom stereocenters. The molecule has 1 heterocycles. The standard InChI is InChI=1S/C12H19Cl3N2/c1-4-9-11(15)10(17(5-2)16-9)6-12(3,7-13)8-14/h4-8H2,1-3H3. The fourth-order valence-corrected chi connectivity index (χ4v) is 2.53. The zero-order chi connectivity index (χ0) is 13.1. The summed E-state index contributed by atoms with van der Waals surface area (Å²) in [5.41, 5.74) is 1.87. The maximum atomic E-state index is 6.36. The van der Waals surface area contributed by atoms with Gasteiger partial charge in [0.2, 0.25) is 0 Å². The highest BCUT2D eigenvalue weighted by Crippen LogP contribution is 2.31.